The molecule has 244 valence electrons. The highest BCUT2D eigenvalue weighted by Crippen LogP contribution is 2.34. The fourth-order valence-electron chi connectivity index (χ4n) is 5.82. The minimum Gasteiger partial charge on any atom is -0.461 e. The second-order valence-corrected chi connectivity index (χ2v) is 14.4. The van der Waals surface area contributed by atoms with Crippen molar-refractivity contribution in [2.75, 3.05) is 6.54 Å². The number of nitrogens with zero attached hydrogens (tertiary/aromatic N) is 1. The fraction of sp³-hybridized carbons (Fsp3) is 0.758. The molecule has 1 saturated heterocycles. The Morgan fingerprint density at radius 3 is 2.51 bits per heavy atom. The minimum atomic E-state index is -1.22. The molecule has 1 fully saturated rings. The third kappa shape index (κ3) is 11.7. The number of rotatable bonds is 8. The van der Waals surface area contributed by atoms with Crippen LogP contribution in [-0.2, 0) is 19.1 Å². The van der Waals surface area contributed by atoms with E-state index < -0.39 is 35.1 Å². The summed E-state index contributed by atoms with van der Waals surface area (Å²) >= 11 is 1.55. The highest BCUT2D eigenvalue weighted by Gasteiger charge is 2.45. The maximum absolute atomic E-state index is 13.8. The summed E-state index contributed by atoms with van der Waals surface area (Å²) in [6.07, 6.45) is 5.01. The summed E-state index contributed by atoms with van der Waals surface area (Å²) in [7, 11) is 0. The number of nitrogens with two attached hydrogens (primary N) is 1. The highest BCUT2D eigenvalue weighted by molar-refractivity contribution is 7.09. The molecule has 0 aromatic carbocycles. The average Bonchev–Trinajstić information content (AvgIpc) is 3.35. The molecule has 1 amide bonds. The fourth-order valence-corrected chi connectivity index (χ4v) is 6.39. The monoisotopic (exact) mass is 621 g/mol. The number of carbonyl (C=O) groups is 3. The number of thiazole rings is 1. The largest absolute Gasteiger partial charge is 0.461 e. The third-order valence-electron chi connectivity index (χ3n) is 8.92. The van der Waals surface area contributed by atoms with E-state index in [9.17, 15) is 24.6 Å². The number of aliphatic hydroxyl groups excluding tert-OH is 1. The van der Waals surface area contributed by atoms with Crippen LogP contribution in [0.3, 0.4) is 0 Å². The van der Waals surface area contributed by atoms with E-state index in [2.05, 4.69) is 10.3 Å². The molecule has 1 aliphatic heterocycles. The van der Waals surface area contributed by atoms with E-state index in [1.54, 1.807) is 39.0 Å². The topological polar surface area (TPSA) is 152 Å². The van der Waals surface area contributed by atoms with Gasteiger partial charge in [0, 0.05) is 17.7 Å². The molecule has 1 aromatic heterocycles. The summed E-state index contributed by atoms with van der Waals surface area (Å²) < 4.78 is 5.87. The van der Waals surface area contributed by atoms with E-state index in [4.69, 9.17) is 10.5 Å². The number of hydrogen-bond acceptors (Lipinski definition) is 9. The van der Waals surface area contributed by atoms with Crippen LogP contribution in [-0.4, -0.2) is 63.3 Å². The summed E-state index contributed by atoms with van der Waals surface area (Å²) in [5.41, 5.74) is 5.09. The normalized spacial score (nSPS) is 30.1. The van der Waals surface area contributed by atoms with E-state index >= 15 is 0 Å². The summed E-state index contributed by atoms with van der Waals surface area (Å²) in [4.78, 5) is 44.9. The SMILES string of the molecule is C/C(=C\c1csc(C)n1)[C@@H]1CC[C@](C)(O)CCC[C@H](C)[C@H](O)[C@@H](C)C(=O)C(C)(C)[C@@H](OC(=O)CCCCCN)CC(=O)N1. The van der Waals surface area contributed by atoms with Crippen molar-refractivity contribution in [3.05, 3.63) is 21.7 Å². The lowest BCUT2D eigenvalue weighted by molar-refractivity contribution is -0.162. The molecular weight excluding hydrogens is 566 g/mol. The summed E-state index contributed by atoms with van der Waals surface area (Å²) in [5, 5.41) is 28.3. The lowest BCUT2D eigenvalue weighted by Gasteiger charge is -2.37. The van der Waals surface area contributed by atoms with Gasteiger partial charge in [0.05, 0.1) is 40.3 Å². The maximum atomic E-state index is 13.8. The molecular formula is C33H55N3O6S. The Morgan fingerprint density at radius 1 is 1.19 bits per heavy atom. The van der Waals surface area contributed by atoms with E-state index in [0.29, 0.717) is 45.1 Å². The van der Waals surface area contributed by atoms with Gasteiger partial charge < -0.3 is 26.0 Å². The molecule has 1 aliphatic rings. The molecule has 0 spiro atoms. The zero-order chi connectivity index (χ0) is 32.4. The number of ether oxygens (including phenoxy) is 1. The first kappa shape index (κ1) is 37.0. The average molecular weight is 622 g/mol. The summed E-state index contributed by atoms with van der Waals surface area (Å²) in [5.74, 6) is -1.99. The van der Waals surface area contributed by atoms with Crippen LogP contribution < -0.4 is 11.1 Å². The van der Waals surface area contributed by atoms with Crippen LogP contribution >= 0.6 is 11.3 Å². The van der Waals surface area contributed by atoms with E-state index in [1.807, 2.05) is 32.2 Å². The molecule has 0 radical (unpaired) electrons. The van der Waals surface area contributed by atoms with E-state index in [-0.39, 0.29) is 36.5 Å². The van der Waals surface area contributed by atoms with Gasteiger partial charge in [0.2, 0.25) is 5.91 Å². The minimum absolute atomic E-state index is 0.171. The van der Waals surface area contributed by atoms with Crippen molar-refractivity contribution in [1.82, 2.24) is 10.3 Å². The number of aryl methyl sites for hydroxylation is 1. The van der Waals surface area contributed by atoms with E-state index in [1.165, 1.54) is 0 Å². The number of unbranched alkanes of at least 4 members (excludes halogenated alkanes) is 2. The molecule has 0 aliphatic carbocycles. The van der Waals surface area contributed by atoms with Crippen LogP contribution in [0.2, 0.25) is 0 Å². The molecule has 0 saturated carbocycles. The third-order valence-corrected chi connectivity index (χ3v) is 9.71. The van der Waals surface area contributed by atoms with Gasteiger partial charge in [-0.2, -0.15) is 0 Å². The van der Waals surface area contributed by atoms with Crippen LogP contribution in [0.25, 0.3) is 6.08 Å². The second-order valence-electron chi connectivity index (χ2n) is 13.4. The van der Waals surface area contributed by atoms with Crippen molar-refractivity contribution in [2.24, 2.45) is 23.0 Å². The van der Waals surface area contributed by atoms with Gasteiger partial charge in [0.15, 0.2) is 0 Å². The van der Waals surface area contributed by atoms with Gasteiger partial charge >= 0.3 is 5.97 Å². The first-order valence-corrected chi connectivity index (χ1v) is 16.7. The van der Waals surface area contributed by atoms with Gasteiger partial charge in [0.25, 0.3) is 0 Å². The van der Waals surface area contributed by atoms with Crippen LogP contribution in [0.5, 0.6) is 0 Å². The van der Waals surface area contributed by atoms with E-state index in [0.717, 1.165) is 29.1 Å². The molecule has 43 heavy (non-hydrogen) atoms. The van der Waals surface area contributed by atoms with Crippen molar-refractivity contribution in [3.63, 3.8) is 0 Å². The van der Waals surface area contributed by atoms with Gasteiger partial charge in [-0.3, -0.25) is 14.4 Å². The molecule has 2 rings (SSSR count). The van der Waals surface area contributed by atoms with Crippen LogP contribution in [0.4, 0.5) is 0 Å². The first-order valence-electron chi connectivity index (χ1n) is 15.8. The number of aromatic nitrogens is 1. The Kier molecular flexibility index (Phi) is 14.5. The molecule has 0 unspecified atom stereocenters. The number of Topliss-reactive ketones (excluding diaryl/α,β-unsaturated/α-hetero) is 1. The quantitative estimate of drug-likeness (QED) is 0.231. The van der Waals surface area contributed by atoms with Crippen molar-refractivity contribution in [3.8, 4) is 0 Å². The number of aliphatic hydroxyl groups is 2. The number of ketones is 1. The number of carbonyl (C=O) groups excluding carboxylic acids is 3. The standard InChI is InChI=1S/C33H55N3O6S/c1-21-12-11-15-33(7,41)16-14-26(22(2)18-25-20-43-24(4)35-25)36-28(37)19-27(42-29(38)13-9-8-10-17-34)32(5,6)31(40)23(3)30(21)39/h18,20-21,23,26-27,30,39,41H,8-17,19,34H2,1-7H3,(H,36,37)/b22-18+/t21-,23+,26-,27-,30-,33+/m0/s1. The lowest BCUT2D eigenvalue weighted by atomic mass is 9.72. The molecule has 5 N–H and O–H groups in total. The number of nitrogens with one attached hydrogen (secondary N) is 1. The van der Waals surface area contributed by atoms with Gasteiger partial charge in [-0.05, 0) is 97.3 Å². The molecule has 9 nitrogen and oxygen atoms in total. The van der Waals surface area contributed by atoms with Gasteiger partial charge in [0.1, 0.15) is 11.9 Å². The van der Waals surface area contributed by atoms with Crippen LogP contribution in [0, 0.1) is 24.2 Å². The highest BCUT2D eigenvalue weighted by atomic mass is 32.1. The Bertz CT molecular complexity index is 1100. The van der Waals surface area contributed by atoms with Gasteiger partial charge in [-0.1, -0.05) is 26.7 Å². The van der Waals surface area contributed by atoms with Crippen LogP contribution in [0.15, 0.2) is 11.0 Å². The number of amides is 1. The number of hydrogen-bond donors (Lipinski definition) is 4. The Morgan fingerprint density at radius 2 is 1.88 bits per heavy atom. The first-order chi connectivity index (χ1) is 20.1. The lowest BCUT2D eigenvalue weighted by Crippen LogP contribution is -2.49. The predicted octanol–water partition coefficient (Wildman–Crippen LogP) is 5.10. The van der Waals surface area contributed by atoms with Crippen molar-refractivity contribution in [1.29, 1.82) is 0 Å². The molecule has 2 heterocycles. The van der Waals surface area contributed by atoms with Crippen molar-refractivity contribution in [2.45, 2.75) is 137 Å². The summed E-state index contributed by atoms with van der Waals surface area (Å²) in [6.45, 7) is 13.2. The van der Waals surface area contributed by atoms with Crippen molar-refractivity contribution >= 4 is 35.1 Å². The molecule has 6 atom stereocenters. The van der Waals surface area contributed by atoms with Crippen LogP contribution in [0.1, 0.15) is 116 Å². The molecule has 0 bridgehead atoms. The molecule has 10 heteroatoms. The van der Waals surface area contributed by atoms with Gasteiger partial charge in [-0.15, -0.1) is 11.3 Å². The maximum Gasteiger partial charge on any atom is 0.306 e. The zero-order valence-electron chi connectivity index (χ0n) is 27.3. The van der Waals surface area contributed by atoms with Crippen molar-refractivity contribution < 1.29 is 29.3 Å². The molecule has 1 aromatic rings. The summed E-state index contributed by atoms with van der Waals surface area (Å²) in [6, 6.07) is -0.389. The Hall–Kier alpha value is -2.14. The van der Waals surface area contributed by atoms with Gasteiger partial charge in [-0.25, -0.2) is 4.98 Å². The predicted molar refractivity (Wildman–Crippen MR) is 171 cm³/mol. The smallest absolute Gasteiger partial charge is 0.306 e. The zero-order valence-corrected chi connectivity index (χ0v) is 28.1. The number of esters is 1. The Balaban J connectivity index is 2.42. The second kappa shape index (κ2) is 16.8. The Labute approximate surface area is 262 Å².